The van der Waals surface area contributed by atoms with Gasteiger partial charge in [0.05, 0.1) is 6.07 Å². The monoisotopic (exact) mass is 119 g/mol. The molecule has 1 aromatic rings. The first-order valence-corrected chi connectivity index (χ1v) is 2.55. The van der Waals surface area contributed by atoms with Crippen molar-refractivity contribution in [2.45, 2.75) is 0 Å². The minimum absolute atomic E-state index is 0.678. The molecule has 0 saturated carbocycles. The van der Waals surface area contributed by atoms with Gasteiger partial charge in [0.1, 0.15) is 0 Å². The number of hydrogen-bond donors (Lipinski definition) is 0. The lowest BCUT2D eigenvalue weighted by Gasteiger charge is -1.79. The molecular formula is C6H3N2O+. The van der Waals surface area contributed by atoms with Crippen LogP contribution in [-0.2, 0) is 0 Å². The van der Waals surface area contributed by atoms with Gasteiger partial charge in [0.15, 0.2) is 0 Å². The van der Waals surface area contributed by atoms with Gasteiger partial charge >= 0.3 is 5.69 Å². The van der Waals surface area contributed by atoms with E-state index in [1.54, 1.807) is 12.1 Å². The van der Waals surface area contributed by atoms with Crippen molar-refractivity contribution >= 4 is 5.69 Å². The maximum atomic E-state index is 4.73. The van der Waals surface area contributed by atoms with Crippen molar-refractivity contribution in [2.75, 3.05) is 0 Å². The molecular weight excluding hydrogens is 116 g/mol. The summed E-state index contributed by atoms with van der Waals surface area (Å²) < 4.78 is 0. The quantitative estimate of drug-likeness (QED) is 0.505. The second-order valence-corrected chi connectivity index (χ2v) is 1.66. The molecule has 0 saturated heterocycles. The molecule has 0 atom stereocenters. The van der Waals surface area contributed by atoms with Crippen molar-refractivity contribution in [3.05, 3.63) is 24.3 Å². The summed E-state index contributed by atoms with van der Waals surface area (Å²) in [5, 5.41) is 6.99. The molecule has 0 unspecified atom stereocenters. The van der Waals surface area contributed by atoms with Gasteiger partial charge in [-0.2, -0.15) is 0 Å². The van der Waals surface area contributed by atoms with E-state index >= 15 is 0 Å². The summed E-state index contributed by atoms with van der Waals surface area (Å²) >= 11 is 0. The summed E-state index contributed by atoms with van der Waals surface area (Å²) in [6, 6.07) is 8.26. The molecule has 42 valence electrons. The first kappa shape index (κ1) is 4.49. The van der Waals surface area contributed by atoms with Gasteiger partial charge in [0, 0.05) is 0 Å². The molecule has 2 rings (SSSR count). The molecule has 3 nitrogen and oxygen atoms in total. The van der Waals surface area contributed by atoms with Crippen LogP contribution in [-0.4, -0.2) is 0 Å². The van der Waals surface area contributed by atoms with Gasteiger partial charge in [-0.25, -0.2) is 0 Å². The number of rotatable bonds is 0. The fourth-order valence-corrected chi connectivity index (χ4v) is 0.670. The molecule has 0 fully saturated rings. The summed E-state index contributed by atoms with van der Waals surface area (Å²) in [5.74, 6) is 0.678. The highest BCUT2D eigenvalue weighted by Gasteiger charge is 2.21. The summed E-state index contributed by atoms with van der Waals surface area (Å²) in [6.07, 6.45) is 0. The Hall–Kier alpha value is -1.38. The summed E-state index contributed by atoms with van der Waals surface area (Å²) in [5.41, 5.74) is 0.678. The second kappa shape index (κ2) is 1.55. The Morgan fingerprint density at radius 2 is 2.67 bits per heavy atom. The minimum Gasteiger partial charge on any atom is -0.295 e. The Morgan fingerprint density at radius 3 is 3.56 bits per heavy atom. The Morgan fingerprint density at radius 1 is 1.67 bits per heavy atom. The third-order valence-corrected chi connectivity index (χ3v) is 1.08. The van der Waals surface area contributed by atoms with Crippen molar-refractivity contribution < 1.29 is 4.84 Å². The van der Waals surface area contributed by atoms with Gasteiger partial charge in [-0.1, -0.05) is 6.07 Å². The fourth-order valence-electron chi connectivity index (χ4n) is 0.670. The second-order valence-electron chi connectivity index (χ2n) is 1.66. The molecule has 0 amide bonds. The van der Waals surface area contributed by atoms with Gasteiger partial charge in [0.25, 0.3) is 10.4 Å². The van der Waals surface area contributed by atoms with Crippen molar-refractivity contribution in [3.8, 4) is 5.75 Å². The van der Waals surface area contributed by atoms with E-state index in [9.17, 15) is 0 Å². The van der Waals surface area contributed by atoms with Crippen LogP contribution in [0.4, 0.5) is 5.69 Å². The zero-order valence-electron chi connectivity index (χ0n) is 4.53. The lowest BCUT2D eigenvalue weighted by molar-refractivity contribution is 0.329. The average molecular weight is 119 g/mol. The van der Waals surface area contributed by atoms with Gasteiger partial charge in [-0.15, -0.1) is 0 Å². The van der Waals surface area contributed by atoms with Gasteiger partial charge < -0.3 is 0 Å². The average Bonchev–Trinajstić information content (AvgIpc) is 2.33. The smallest absolute Gasteiger partial charge is 0.295 e. The predicted octanol–water partition coefficient (Wildman–Crippen LogP) is 1.21. The van der Waals surface area contributed by atoms with E-state index in [0.29, 0.717) is 11.4 Å². The maximum Gasteiger partial charge on any atom is 0.369 e. The van der Waals surface area contributed by atoms with E-state index in [0.717, 1.165) is 0 Å². The van der Waals surface area contributed by atoms with Gasteiger partial charge in [-0.3, -0.25) is 4.84 Å². The first-order valence-electron chi connectivity index (χ1n) is 2.55. The summed E-state index contributed by atoms with van der Waals surface area (Å²) in [7, 11) is 0. The van der Waals surface area contributed by atoms with Crippen LogP contribution in [0, 0.1) is 6.07 Å². The highest BCUT2D eigenvalue weighted by molar-refractivity contribution is 5.49. The SMILES string of the molecule is [c]1cccc2c1[N+]=NO2. The molecule has 0 bridgehead atoms. The molecule has 1 aliphatic heterocycles. The Labute approximate surface area is 51.9 Å². The van der Waals surface area contributed by atoms with Gasteiger partial charge in [-0.05, 0) is 12.1 Å². The molecule has 0 N–H and O–H groups in total. The van der Waals surface area contributed by atoms with Crippen LogP contribution in [0.5, 0.6) is 5.75 Å². The fraction of sp³-hybridized carbons (Fsp3) is 0. The largest absolute Gasteiger partial charge is 0.369 e. The maximum absolute atomic E-state index is 4.73. The standard InChI is InChI=1S/C6H3N2O/c1-2-4-6-5(3-1)7-8-9-6/h1-2,4H/q+1. The third-order valence-electron chi connectivity index (χ3n) is 1.08. The molecule has 1 heterocycles. The van der Waals surface area contributed by atoms with Crippen LogP contribution in [0.15, 0.2) is 23.5 Å². The molecule has 1 aliphatic rings. The van der Waals surface area contributed by atoms with Crippen LogP contribution in [0.3, 0.4) is 0 Å². The number of nitrogens with zero attached hydrogens (tertiary/aromatic N) is 2. The molecule has 9 heavy (non-hydrogen) atoms. The first-order chi connectivity index (χ1) is 4.47. The molecule has 0 spiro atoms. The number of hydrogen-bond acceptors (Lipinski definition) is 3. The van der Waals surface area contributed by atoms with Gasteiger partial charge in [0.2, 0.25) is 5.75 Å². The highest BCUT2D eigenvalue weighted by Crippen LogP contribution is 2.25. The van der Waals surface area contributed by atoms with Crippen LogP contribution in [0.1, 0.15) is 0 Å². The zero-order chi connectivity index (χ0) is 6.10. The van der Waals surface area contributed by atoms with Crippen molar-refractivity contribution in [1.82, 2.24) is 5.11 Å². The van der Waals surface area contributed by atoms with E-state index in [4.69, 9.17) is 4.84 Å². The molecule has 2 radical (unpaired) electrons. The van der Waals surface area contributed by atoms with Crippen molar-refractivity contribution in [3.63, 3.8) is 0 Å². The number of benzene rings is 1. The minimum atomic E-state index is 0.678. The van der Waals surface area contributed by atoms with Crippen molar-refractivity contribution in [1.29, 1.82) is 0 Å². The third kappa shape index (κ3) is 0.579. The Balaban J connectivity index is 2.63. The van der Waals surface area contributed by atoms with E-state index in [1.165, 1.54) is 0 Å². The van der Waals surface area contributed by atoms with E-state index < -0.39 is 0 Å². The summed E-state index contributed by atoms with van der Waals surface area (Å²) in [6.45, 7) is 0. The lowest BCUT2D eigenvalue weighted by atomic mass is 10.3. The Bertz CT molecular complexity index is 257. The van der Waals surface area contributed by atoms with Crippen LogP contribution in [0.2, 0.25) is 0 Å². The summed E-state index contributed by atoms with van der Waals surface area (Å²) in [4.78, 5) is 4.73. The molecule has 0 aromatic heterocycles. The van der Waals surface area contributed by atoms with E-state index in [-0.39, 0.29) is 0 Å². The molecule has 1 aromatic carbocycles. The highest BCUT2D eigenvalue weighted by atomic mass is 16.7. The predicted molar refractivity (Wildman–Crippen MR) is 30.1 cm³/mol. The molecule has 3 heteroatoms. The van der Waals surface area contributed by atoms with Crippen LogP contribution >= 0.6 is 0 Å². The topological polar surface area (TPSA) is 35.7 Å². The molecule has 0 aliphatic carbocycles. The zero-order valence-corrected chi connectivity index (χ0v) is 4.53. The lowest BCUT2D eigenvalue weighted by Crippen LogP contribution is -1.71. The van der Waals surface area contributed by atoms with E-state index in [1.807, 2.05) is 6.07 Å². The van der Waals surface area contributed by atoms with Crippen LogP contribution in [0.25, 0.3) is 0 Å². The van der Waals surface area contributed by atoms with Crippen molar-refractivity contribution in [2.24, 2.45) is 5.28 Å². The normalized spacial score (nSPS) is 12.9. The number of fused-ring (bicyclic) bond motifs is 1. The van der Waals surface area contributed by atoms with Crippen LogP contribution < -0.4 is 9.95 Å². The van der Waals surface area contributed by atoms with E-state index in [2.05, 4.69) is 16.5 Å². The Kier molecular flexibility index (Phi) is 0.773.